The molecule has 0 aliphatic carbocycles. The van der Waals surface area contributed by atoms with Crippen molar-refractivity contribution in [3.8, 4) is 0 Å². The molecule has 23 heavy (non-hydrogen) atoms. The van der Waals surface area contributed by atoms with Gasteiger partial charge in [-0.15, -0.1) is 0 Å². The lowest BCUT2D eigenvalue weighted by molar-refractivity contribution is 0.148. The van der Waals surface area contributed by atoms with Crippen molar-refractivity contribution in [2.75, 3.05) is 38.1 Å². The van der Waals surface area contributed by atoms with E-state index in [9.17, 15) is 5.11 Å². The Bertz CT molecular complexity index is 475. The standard InChI is InChI=1S/C20H34N2O/c1-4-6-13-21(3)15-11-20(23)18-9-10-19-17(16-18)8-7-14-22(19)12-5-2/h9-10,16,20,23H,4-8,11-15H2,1-3H3. The number of aryl methyl sites for hydroxylation is 1. The van der Waals surface area contributed by atoms with Crippen LogP contribution in [-0.4, -0.2) is 43.2 Å². The summed E-state index contributed by atoms with van der Waals surface area (Å²) in [6, 6.07) is 6.60. The van der Waals surface area contributed by atoms with Crippen LogP contribution >= 0.6 is 0 Å². The van der Waals surface area contributed by atoms with Crippen molar-refractivity contribution >= 4 is 5.69 Å². The van der Waals surface area contributed by atoms with Gasteiger partial charge in [0.25, 0.3) is 0 Å². The van der Waals surface area contributed by atoms with Gasteiger partial charge in [-0.3, -0.25) is 0 Å². The molecule has 0 spiro atoms. The maximum Gasteiger partial charge on any atom is 0.0802 e. The highest BCUT2D eigenvalue weighted by Crippen LogP contribution is 2.30. The van der Waals surface area contributed by atoms with Gasteiger partial charge < -0.3 is 14.9 Å². The number of aliphatic hydroxyl groups excluding tert-OH is 1. The summed E-state index contributed by atoms with van der Waals surface area (Å²) in [6.07, 6.45) is 6.50. The zero-order valence-corrected chi connectivity index (χ0v) is 15.2. The van der Waals surface area contributed by atoms with E-state index >= 15 is 0 Å². The van der Waals surface area contributed by atoms with Gasteiger partial charge in [-0.1, -0.05) is 32.4 Å². The van der Waals surface area contributed by atoms with Gasteiger partial charge in [0.05, 0.1) is 6.10 Å². The van der Waals surface area contributed by atoms with E-state index in [-0.39, 0.29) is 6.10 Å². The number of fused-ring (bicyclic) bond motifs is 1. The van der Waals surface area contributed by atoms with Crippen molar-refractivity contribution in [1.82, 2.24) is 4.90 Å². The summed E-state index contributed by atoms with van der Waals surface area (Å²) in [5.41, 5.74) is 3.89. The molecule has 2 rings (SSSR count). The number of nitrogens with zero attached hydrogens (tertiary/aromatic N) is 2. The fourth-order valence-corrected chi connectivity index (χ4v) is 3.45. The van der Waals surface area contributed by atoms with Crippen LogP contribution in [0.2, 0.25) is 0 Å². The number of anilines is 1. The van der Waals surface area contributed by atoms with Gasteiger partial charge in [0, 0.05) is 25.3 Å². The van der Waals surface area contributed by atoms with Crippen LogP contribution in [0.4, 0.5) is 5.69 Å². The molecule has 0 amide bonds. The monoisotopic (exact) mass is 318 g/mol. The smallest absolute Gasteiger partial charge is 0.0802 e. The van der Waals surface area contributed by atoms with E-state index in [2.05, 4.69) is 48.9 Å². The van der Waals surface area contributed by atoms with Crippen LogP contribution in [0.25, 0.3) is 0 Å². The highest BCUT2D eigenvalue weighted by Gasteiger charge is 2.18. The number of aliphatic hydroxyl groups is 1. The van der Waals surface area contributed by atoms with Crippen LogP contribution in [0.3, 0.4) is 0 Å². The fourth-order valence-electron chi connectivity index (χ4n) is 3.45. The second-order valence-electron chi connectivity index (χ2n) is 6.94. The third kappa shape index (κ3) is 5.22. The van der Waals surface area contributed by atoms with Crippen molar-refractivity contribution < 1.29 is 5.11 Å². The van der Waals surface area contributed by atoms with Crippen molar-refractivity contribution in [1.29, 1.82) is 0 Å². The van der Waals surface area contributed by atoms with E-state index in [0.717, 1.165) is 38.0 Å². The van der Waals surface area contributed by atoms with E-state index in [1.165, 1.54) is 43.5 Å². The van der Waals surface area contributed by atoms with Gasteiger partial charge in [0.2, 0.25) is 0 Å². The third-order valence-corrected chi connectivity index (χ3v) is 4.87. The molecule has 3 nitrogen and oxygen atoms in total. The first-order valence-corrected chi connectivity index (χ1v) is 9.40. The Morgan fingerprint density at radius 1 is 1.22 bits per heavy atom. The molecule has 0 saturated carbocycles. The Hall–Kier alpha value is -1.06. The second kappa shape index (κ2) is 9.29. The molecule has 1 aromatic rings. The molecule has 1 aliphatic rings. The molecule has 1 atom stereocenters. The van der Waals surface area contributed by atoms with Gasteiger partial charge in [-0.05, 0) is 62.9 Å². The van der Waals surface area contributed by atoms with Gasteiger partial charge in [0.1, 0.15) is 0 Å². The van der Waals surface area contributed by atoms with E-state index in [0.29, 0.717) is 0 Å². The zero-order chi connectivity index (χ0) is 16.7. The van der Waals surface area contributed by atoms with Crippen LogP contribution in [0.1, 0.15) is 63.2 Å². The number of benzene rings is 1. The number of unbranched alkanes of at least 4 members (excludes halogenated alkanes) is 1. The van der Waals surface area contributed by atoms with Gasteiger partial charge in [0.15, 0.2) is 0 Å². The fraction of sp³-hybridized carbons (Fsp3) is 0.700. The predicted molar refractivity (Wildman–Crippen MR) is 99.2 cm³/mol. The Kier molecular flexibility index (Phi) is 7.38. The molecule has 1 aromatic carbocycles. The minimum absolute atomic E-state index is 0.342. The van der Waals surface area contributed by atoms with Crippen LogP contribution in [0, 0.1) is 0 Å². The summed E-state index contributed by atoms with van der Waals surface area (Å²) in [6.45, 7) is 8.85. The lowest BCUT2D eigenvalue weighted by Crippen LogP contribution is -2.30. The van der Waals surface area contributed by atoms with Crippen LogP contribution < -0.4 is 4.90 Å². The van der Waals surface area contributed by atoms with Crippen molar-refractivity contribution in [3.63, 3.8) is 0 Å². The SMILES string of the molecule is CCCCN(C)CCC(O)c1ccc2c(c1)CCCN2CCC. The molecule has 0 fully saturated rings. The Morgan fingerprint density at radius 2 is 2.04 bits per heavy atom. The second-order valence-corrected chi connectivity index (χ2v) is 6.94. The summed E-state index contributed by atoms with van der Waals surface area (Å²) in [4.78, 5) is 4.82. The van der Waals surface area contributed by atoms with E-state index in [4.69, 9.17) is 0 Å². The normalized spacial score (nSPS) is 15.8. The topological polar surface area (TPSA) is 26.7 Å². The van der Waals surface area contributed by atoms with Crippen LogP contribution in [0.15, 0.2) is 18.2 Å². The van der Waals surface area contributed by atoms with Crippen molar-refractivity contribution in [2.24, 2.45) is 0 Å². The summed E-state index contributed by atoms with van der Waals surface area (Å²) < 4.78 is 0. The minimum Gasteiger partial charge on any atom is -0.388 e. The average molecular weight is 319 g/mol. The molecule has 0 aromatic heterocycles. The minimum atomic E-state index is -0.342. The molecular formula is C20H34N2O. The van der Waals surface area contributed by atoms with Gasteiger partial charge in [-0.25, -0.2) is 0 Å². The number of rotatable bonds is 9. The first-order valence-electron chi connectivity index (χ1n) is 9.40. The largest absolute Gasteiger partial charge is 0.388 e. The predicted octanol–water partition coefficient (Wildman–Crippen LogP) is 4.00. The Morgan fingerprint density at radius 3 is 2.78 bits per heavy atom. The molecule has 0 radical (unpaired) electrons. The first kappa shape index (κ1) is 18.3. The van der Waals surface area contributed by atoms with E-state index in [1.807, 2.05) is 0 Å². The first-order chi connectivity index (χ1) is 11.2. The van der Waals surface area contributed by atoms with Crippen molar-refractivity contribution in [2.45, 2.75) is 58.5 Å². The van der Waals surface area contributed by atoms with Gasteiger partial charge >= 0.3 is 0 Å². The Labute approximate surface area is 142 Å². The van der Waals surface area contributed by atoms with Crippen molar-refractivity contribution in [3.05, 3.63) is 29.3 Å². The highest BCUT2D eigenvalue weighted by molar-refractivity contribution is 5.57. The quantitative estimate of drug-likeness (QED) is 0.745. The molecular weight excluding hydrogens is 284 g/mol. The van der Waals surface area contributed by atoms with Gasteiger partial charge in [-0.2, -0.15) is 0 Å². The molecule has 0 saturated heterocycles. The lowest BCUT2D eigenvalue weighted by atomic mass is 9.96. The summed E-state index contributed by atoms with van der Waals surface area (Å²) in [5, 5.41) is 10.5. The Balaban J connectivity index is 1.95. The van der Waals surface area contributed by atoms with Crippen LogP contribution in [-0.2, 0) is 6.42 Å². The molecule has 0 bridgehead atoms. The molecule has 3 heteroatoms. The number of hydrogen-bond acceptors (Lipinski definition) is 3. The molecule has 1 N–H and O–H groups in total. The number of hydrogen-bond donors (Lipinski definition) is 1. The molecule has 1 heterocycles. The summed E-state index contributed by atoms with van der Waals surface area (Å²) in [7, 11) is 2.15. The van der Waals surface area contributed by atoms with E-state index < -0.39 is 0 Å². The average Bonchev–Trinajstić information content (AvgIpc) is 2.57. The van der Waals surface area contributed by atoms with Crippen LogP contribution in [0.5, 0.6) is 0 Å². The highest BCUT2D eigenvalue weighted by atomic mass is 16.3. The van der Waals surface area contributed by atoms with E-state index in [1.54, 1.807) is 0 Å². The zero-order valence-electron chi connectivity index (χ0n) is 15.2. The maximum absolute atomic E-state index is 10.5. The molecule has 1 unspecified atom stereocenters. The maximum atomic E-state index is 10.5. The molecule has 1 aliphatic heterocycles. The lowest BCUT2D eigenvalue weighted by Gasteiger charge is -2.31. The summed E-state index contributed by atoms with van der Waals surface area (Å²) in [5.74, 6) is 0. The molecule has 130 valence electrons. The summed E-state index contributed by atoms with van der Waals surface area (Å²) >= 11 is 0. The third-order valence-electron chi connectivity index (χ3n) is 4.87.